The van der Waals surface area contributed by atoms with Crippen molar-refractivity contribution in [3.8, 4) is 5.75 Å². The number of guanidine groups is 1. The van der Waals surface area contributed by atoms with Gasteiger partial charge in [-0.3, -0.25) is 4.99 Å². The van der Waals surface area contributed by atoms with Gasteiger partial charge < -0.3 is 15.4 Å². The number of halogens is 1. The Hall–Kier alpha value is -1.07. The Labute approximate surface area is 174 Å². The molecule has 0 unspecified atom stereocenters. The van der Waals surface area contributed by atoms with Crippen LogP contribution in [0.1, 0.15) is 25.0 Å². The Bertz CT molecular complexity index is 706. The number of nitrogens with zero attached hydrogens (tertiary/aromatic N) is 1. The minimum Gasteiger partial charge on any atom is -0.496 e. The van der Waals surface area contributed by atoms with Crippen molar-refractivity contribution in [2.24, 2.45) is 4.99 Å². The predicted octanol–water partition coefficient (Wildman–Crippen LogP) is 1.66. The number of aliphatic imine (C=N–C) groups is 1. The average Bonchev–Trinajstić information content (AvgIpc) is 2.49. The topological polar surface area (TPSA) is 91.8 Å². The second kappa shape index (κ2) is 10.9. The second-order valence-electron chi connectivity index (χ2n) is 6.66. The summed E-state index contributed by atoms with van der Waals surface area (Å²) in [6.07, 6.45) is 1.97. The first-order chi connectivity index (χ1) is 11.6. The van der Waals surface area contributed by atoms with Gasteiger partial charge in [0.05, 0.1) is 13.4 Å². The van der Waals surface area contributed by atoms with E-state index in [0.717, 1.165) is 24.0 Å². The Morgan fingerprint density at radius 3 is 2.46 bits per heavy atom. The number of hydrogen-bond donors (Lipinski definition) is 3. The highest BCUT2D eigenvalue weighted by Gasteiger charge is 2.22. The van der Waals surface area contributed by atoms with Crippen molar-refractivity contribution in [3.63, 3.8) is 0 Å². The van der Waals surface area contributed by atoms with Crippen LogP contribution in [0.4, 0.5) is 0 Å². The van der Waals surface area contributed by atoms with Crippen LogP contribution in [0.3, 0.4) is 0 Å². The SMILES string of the molecule is CN=C(NCCc1ccc(C)c(OC)c1)NCC(C)(C)NS(C)(=O)=O.I. The Morgan fingerprint density at radius 2 is 1.92 bits per heavy atom. The van der Waals surface area contributed by atoms with E-state index in [9.17, 15) is 8.42 Å². The van der Waals surface area contributed by atoms with Crippen molar-refractivity contribution in [3.05, 3.63) is 29.3 Å². The third-order valence-electron chi connectivity index (χ3n) is 3.56. The first-order valence-electron chi connectivity index (χ1n) is 8.13. The number of sulfonamides is 1. The zero-order valence-corrected chi connectivity index (χ0v) is 19.5. The van der Waals surface area contributed by atoms with E-state index in [1.807, 2.05) is 32.9 Å². The summed E-state index contributed by atoms with van der Waals surface area (Å²) in [4.78, 5) is 4.16. The summed E-state index contributed by atoms with van der Waals surface area (Å²) in [7, 11) is 0.0891. The molecular formula is C17H31IN4O3S. The lowest BCUT2D eigenvalue weighted by Gasteiger charge is -2.26. The Balaban J connectivity index is 0.00000625. The van der Waals surface area contributed by atoms with E-state index in [4.69, 9.17) is 4.74 Å². The van der Waals surface area contributed by atoms with Gasteiger partial charge in [0, 0.05) is 25.7 Å². The molecule has 3 N–H and O–H groups in total. The number of ether oxygens (including phenoxy) is 1. The Kier molecular flexibility index (Phi) is 10.5. The van der Waals surface area contributed by atoms with Crippen LogP contribution in [0.5, 0.6) is 5.75 Å². The van der Waals surface area contributed by atoms with Gasteiger partial charge in [-0.25, -0.2) is 13.1 Å². The molecule has 0 fully saturated rings. The molecule has 0 radical (unpaired) electrons. The number of nitrogens with one attached hydrogen (secondary N) is 3. The van der Waals surface area contributed by atoms with Crippen LogP contribution in [0, 0.1) is 6.92 Å². The monoisotopic (exact) mass is 498 g/mol. The summed E-state index contributed by atoms with van der Waals surface area (Å²) >= 11 is 0. The normalized spacial score (nSPS) is 12.3. The molecule has 0 aliphatic carbocycles. The van der Waals surface area contributed by atoms with Crippen molar-refractivity contribution in [2.75, 3.05) is 33.5 Å². The van der Waals surface area contributed by atoms with Gasteiger partial charge in [-0.05, 0) is 44.4 Å². The lowest BCUT2D eigenvalue weighted by atomic mass is 10.1. The summed E-state index contributed by atoms with van der Waals surface area (Å²) < 4.78 is 30.7. The van der Waals surface area contributed by atoms with Crippen LogP contribution in [0.15, 0.2) is 23.2 Å². The number of rotatable bonds is 8. The van der Waals surface area contributed by atoms with Crippen LogP contribution >= 0.6 is 24.0 Å². The van der Waals surface area contributed by atoms with Crippen LogP contribution in [0.25, 0.3) is 0 Å². The van der Waals surface area contributed by atoms with E-state index in [1.165, 1.54) is 5.56 Å². The number of hydrogen-bond acceptors (Lipinski definition) is 4. The molecule has 0 amide bonds. The summed E-state index contributed by atoms with van der Waals surface area (Å²) in [6.45, 7) is 6.75. The van der Waals surface area contributed by atoms with Gasteiger partial charge in [-0.15, -0.1) is 24.0 Å². The summed E-state index contributed by atoms with van der Waals surface area (Å²) in [5, 5.41) is 6.36. The van der Waals surface area contributed by atoms with E-state index < -0.39 is 15.6 Å². The molecule has 0 spiro atoms. The summed E-state index contributed by atoms with van der Waals surface area (Å²) in [5.41, 5.74) is 1.66. The molecule has 0 atom stereocenters. The van der Waals surface area contributed by atoms with Crippen LogP contribution in [-0.2, 0) is 16.4 Å². The zero-order valence-electron chi connectivity index (χ0n) is 16.3. The first kappa shape index (κ1) is 24.9. The quantitative estimate of drug-likeness (QED) is 0.288. The maximum Gasteiger partial charge on any atom is 0.209 e. The van der Waals surface area contributed by atoms with Crippen molar-refractivity contribution in [1.82, 2.24) is 15.4 Å². The van der Waals surface area contributed by atoms with Crippen molar-refractivity contribution < 1.29 is 13.2 Å². The minimum absolute atomic E-state index is 0. The van der Waals surface area contributed by atoms with E-state index in [2.05, 4.69) is 26.4 Å². The molecule has 1 rings (SSSR count). The average molecular weight is 498 g/mol. The van der Waals surface area contributed by atoms with Gasteiger partial charge in [0.2, 0.25) is 10.0 Å². The molecular weight excluding hydrogens is 467 g/mol. The zero-order chi connectivity index (χ0) is 19.1. The highest BCUT2D eigenvalue weighted by molar-refractivity contribution is 14.0. The molecule has 7 nitrogen and oxygen atoms in total. The number of benzene rings is 1. The van der Waals surface area contributed by atoms with Crippen LogP contribution < -0.4 is 20.1 Å². The third-order valence-corrected chi connectivity index (χ3v) is 4.49. The molecule has 0 bridgehead atoms. The minimum atomic E-state index is -3.26. The van der Waals surface area contributed by atoms with Gasteiger partial charge in [0.25, 0.3) is 0 Å². The fourth-order valence-corrected chi connectivity index (χ4v) is 3.48. The molecule has 1 aromatic carbocycles. The highest BCUT2D eigenvalue weighted by atomic mass is 127. The predicted molar refractivity (Wildman–Crippen MR) is 118 cm³/mol. The molecule has 0 aliphatic rings. The molecule has 9 heteroatoms. The van der Waals surface area contributed by atoms with E-state index in [-0.39, 0.29) is 24.0 Å². The van der Waals surface area contributed by atoms with Crippen molar-refractivity contribution in [1.29, 1.82) is 0 Å². The van der Waals surface area contributed by atoms with E-state index in [0.29, 0.717) is 19.0 Å². The number of aryl methyl sites for hydroxylation is 1. The van der Waals surface area contributed by atoms with E-state index in [1.54, 1.807) is 14.2 Å². The maximum atomic E-state index is 11.4. The largest absolute Gasteiger partial charge is 0.496 e. The molecule has 26 heavy (non-hydrogen) atoms. The molecule has 0 heterocycles. The fourth-order valence-electron chi connectivity index (χ4n) is 2.41. The third kappa shape index (κ3) is 9.58. The van der Waals surface area contributed by atoms with Crippen molar-refractivity contribution in [2.45, 2.75) is 32.7 Å². The molecule has 0 aliphatic heterocycles. The molecule has 0 saturated carbocycles. The lowest BCUT2D eigenvalue weighted by molar-refractivity contribution is 0.411. The van der Waals surface area contributed by atoms with Gasteiger partial charge in [-0.2, -0.15) is 0 Å². The lowest BCUT2D eigenvalue weighted by Crippen LogP contribution is -2.53. The van der Waals surface area contributed by atoms with E-state index >= 15 is 0 Å². The molecule has 1 aromatic rings. The van der Waals surface area contributed by atoms with Crippen LogP contribution in [-0.4, -0.2) is 53.4 Å². The fraction of sp³-hybridized carbons (Fsp3) is 0.588. The van der Waals surface area contributed by atoms with Crippen molar-refractivity contribution >= 4 is 40.0 Å². The standard InChI is InChI=1S/C17H30N4O3S.HI/c1-13-7-8-14(11-15(13)24-5)9-10-19-16(18-4)20-12-17(2,3)21-25(6,22)23;/h7-8,11,21H,9-10,12H2,1-6H3,(H2,18,19,20);1H. The van der Waals surface area contributed by atoms with Gasteiger partial charge >= 0.3 is 0 Å². The molecule has 0 aromatic heterocycles. The smallest absolute Gasteiger partial charge is 0.209 e. The van der Waals surface area contributed by atoms with Gasteiger partial charge in [0.1, 0.15) is 5.75 Å². The maximum absolute atomic E-state index is 11.4. The van der Waals surface area contributed by atoms with Gasteiger partial charge in [0.15, 0.2) is 5.96 Å². The second-order valence-corrected chi connectivity index (χ2v) is 8.41. The summed E-state index contributed by atoms with van der Waals surface area (Å²) in [6, 6.07) is 6.15. The first-order valence-corrected chi connectivity index (χ1v) is 10.0. The highest BCUT2D eigenvalue weighted by Crippen LogP contribution is 2.18. The molecule has 0 saturated heterocycles. The molecule has 150 valence electrons. The number of methoxy groups -OCH3 is 1. The van der Waals surface area contributed by atoms with Gasteiger partial charge in [-0.1, -0.05) is 12.1 Å². The Morgan fingerprint density at radius 1 is 1.27 bits per heavy atom. The summed E-state index contributed by atoms with van der Waals surface area (Å²) in [5.74, 6) is 1.51. The van der Waals surface area contributed by atoms with Crippen LogP contribution in [0.2, 0.25) is 0 Å².